The van der Waals surface area contributed by atoms with Crippen LogP contribution >= 0.6 is 0 Å². The summed E-state index contributed by atoms with van der Waals surface area (Å²) in [5.74, 6) is -0.281. The van der Waals surface area contributed by atoms with E-state index in [1.807, 2.05) is 4.90 Å². The molecule has 2 aliphatic heterocycles. The molecule has 2 rings (SSSR count). The SMILES string of the molecule is CCC1CCCN(C(=O)N2CCOC(CC(=O)O)C2)C1. The molecule has 0 aromatic heterocycles. The lowest BCUT2D eigenvalue weighted by Crippen LogP contribution is -2.53. The normalized spacial score (nSPS) is 27.4. The summed E-state index contributed by atoms with van der Waals surface area (Å²) in [6, 6.07) is 0.0434. The van der Waals surface area contributed by atoms with Crippen LogP contribution in [-0.4, -0.2) is 65.8 Å². The molecule has 2 atom stereocenters. The number of likely N-dealkylation sites (tertiary alicyclic amines) is 1. The number of piperidine rings is 1. The van der Waals surface area contributed by atoms with Crippen LogP contribution in [0.15, 0.2) is 0 Å². The molecular weight excluding hydrogens is 260 g/mol. The molecule has 0 bridgehead atoms. The molecule has 114 valence electrons. The van der Waals surface area contributed by atoms with Crippen LogP contribution in [0.4, 0.5) is 4.79 Å². The van der Waals surface area contributed by atoms with Gasteiger partial charge in [-0.1, -0.05) is 13.3 Å². The Morgan fingerprint density at radius 3 is 2.70 bits per heavy atom. The third-order valence-electron chi connectivity index (χ3n) is 4.18. The minimum absolute atomic E-state index is 0.0403. The topological polar surface area (TPSA) is 70.1 Å². The van der Waals surface area contributed by atoms with Gasteiger partial charge in [0.1, 0.15) is 0 Å². The third-order valence-corrected chi connectivity index (χ3v) is 4.18. The Labute approximate surface area is 119 Å². The lowest BCUT2D eigenvalue weighted by Gasteiger charge is -2.39. The molecule has 0 radical (unpaired) electrons. The number of carbonyl (C=O) groups is 2. The zero-order valence-corrected chi connectivity index (χ0v) is 12.1. The van der Waals surface area contributed by atoms with Gasteiger partial charge in [-0.25, -0.2) is 4.79 Å². The number of aliphatic carboxylic acids is 1. The molecule has 2 saturated heterocycles. The monoisotopic (exact) mass is 284 g/mol. The molecule has 20 heavy (non-hydrogen) atoms. The maximum atomic E-state index is 12.5. The molecule has 6 nitrogen and oxygen atoms in total. The second-order valence-electron chi connectivity index (χ2n) is 5.68. The highest BCUT2D eigenvalue weighted by Crippen LogP contribution is 2.21. The van der Waals surface area contributed by atoms with Crippen molar-refractivity contribution in [3.8, 4) is 0 Å². The van der Waals surface area contributed by atoms with Crippen molar-refractivity contribution in [1.82, 2.24) is 9.80 Å². The highest BCUT2D eigenvalue weighted by atomic mass is 16.5. The van der Waals surface area contributed by atoms with E-state index in [4.69, 9.17) is 9.84 Å². The number of nitrogens with zero attached hydrogens (tertiary/aromatic N) is 2. The zero-order valence-electron chi connectivity index (χ0n) is 12.1. The molecule has 0 aromatic carbocycles. The Hall–Kier alpha value is -1.30. The molecule has 2 aliphatic rings. The number of morpholine rings is 1. The average Bonchev–Trinajstić information content (AvgIpc) is 2.46. The first-order valence-corrected chi connectivity index (χ1v) is 7.47. The van der Waals surface area contributed by atoms with E-state index in [9.17, 15) is 9.59 Å². The van der Waals surface area contributed by atoms with E-state index in [0.717, 1.165) is 25.9 Å². The van der Waals surface area contributed by atoms with Crippen molar-refractivity contribution in [2.45, 2.75) is 38.7 Å². The van der Waals surface area contributed by atoms with E-state index in [2.05, 4.69) is 6.92 Å². The average molecular weight is 284 g/mol. The summed E-state index contributed by atoms with van der Waals surface area (Å²) in [5, 5.41) is 8.81. The van der Waals surface area contributed by atoms with Gasteiger partial charge in [0, 0.05) is 26.2 Å². The van der Waals surface area contributed by atoms with E-state index in [-0.39, 0.29) is 18.6 Å². The molecule has 6 heteroatoms. The number of amides is 2. The molecule has 2 amide bonds. The first kappa shape index (κ1) is 15.1. The van der Waals surface area contributed by atoms with Crippen LogP contribution in [0.3, 0.4) is 0 Å². The Morgan fingerprint density at radius 1 is 1.25 bits per heavy atom. The number of carbonyl (C=O) groups excluding carboxylic acids is 1. The molecule has 0 saturated carbocycles. The van der Waals surface area contributed by atoms with Crippen LogP contribution in [0, 0.1) is 5.92 Å². The van der Waals surface area contributed by atoms with Gasteiger partial charge in [-0.2, -0.15) is 0 Å². The summed E-state index contributed by atoms with van der Waals surface area (Å²) in [6.07, 6.45) is 2.95. The van der Waals surface area contributed by atoms with E-state index in [1.165, 1.54) is 6.42 Å². The predicted molar refractivity (Wildman–Crippen MR) is 73.5 cm³/mol. The molecule has 0 aromatic rings. The molecule has 0 aliphatic carbocycles. The maximum Gasteiger partial charge on any atom is 0.320 e. The standard InChI is InChI=1S/C14H24N2O4/c1-2-11-4-3-5-15(9-11)14(19)16-6-7-20-12(10-16)8-13(17)18/h11-12H,2-10H2,1H3,(H,17,18). The minimum atomic E-state index is -0.881. The van der Waals surface area contributed by atoms with Gasteiger partial charge in [-0.05, 0) is 18.8 Å². The van der Waals surface area contributed by atoms with Gasteiger partial charge in [0.15, 0.2) is 0 Å². The lowest BCUT2D eigenvalue weighted by atomic mass is 9.96. The van der Waals surface area contributed by atoms with Gasteiger partial charge >= 0.3 is 12.0 Å². The number of hydrogen-bond donors (Lipinski definition) is 1. The van der Waals surface area contributed by atoms with Gasteiger partial charge in [0.2, 0.25) is 0 Å². The van der Waals surface area contributed by atoms with E-state index in [0.29, 0.717) is 25.6 Å². The highest BCUT2D eigenvalue weighted by molar-refractivity contribution is 5.75. The molecule has 0 spiro atoms. The van der Waals surface area contributed by atoms with Gasteiger partial charge in [0.05, 0.1) is 19.1 Å². The fraction of sp³-hybridized carbons (Fsp3) is 0.857. The fourth-order valence-electron chi connectivity index (χ4n) is 2.98. The Morgan fingerprint density at radius 2 is 2.00 bits per heavy atom. The van der Waals surface area contributed by atoms with Crippen molar-refractivity contribution in [2.24, 2.45) is 5.92 Å². The molecule has 2 heterocycles. The van der Waals surface area contributed by atoms with Crippen LogP contribution in [-0.2, 0) is 9.53 Å². The van der Waals surface area contributed by atoms with Crippen LogP contribution in [0.25, 0.3) is 0 Å². The summed E-state index contributed by atoms with van der Waals surface area (Å²) in [7, 11) is 0. The predicted octanol–water partition coefficient (Wildman–Crippen LogP) is 1.40. The molecule has 2 unspecified atom stereocenters. The highest BCUT2D eigenvalue weighted by Gasteiger charge is 2.30. The maximum absolute atomic E-state index is 12.5. The van der Waals surface area contributed by atoms with Crippen molar-refractivity contribution in [2.75, 3.05) is 32.8 Å². The number of rotatable bonds is 3. The minimum Gasteiger partial charge on any atom is -0.481 e. The summed E-state index contributed by atoms with van der Waals surface area (Å²) < 4.78 is 5.41. The summed E-state index contributed by atoms with van der Waals surface area (Å²) in [5.41, 5.74) is 0. The van der Waals surface area contributed by atoms with Crippen molar-refractivity contribution in [3.63, 3.8) is 0 Å². The second-order valence-corrected chi connectivity index (χ2v) is 5.68. The van der Waals surface area contributed by atoms with Crippen LogP contribution in [0.2, 0.25) is 0 Å². The summed E-state index contributed by atoms with van der Waals surface area (Å²) in [4.78, 5) is 26.9. The smallest absolute Gasteiger partial charge is 0.320 e. The number of carboxylic acids is 1. The Kier molecular flexibility index (Phi) is 5.23. The van der Waals surface area contributed by atoms with Crippen LogP contribution in [0.1, 0.15) is 32.6 Å². The Bertz CT molecular complexity index is 361. The fourth-order valence-corrected chi connectivity index (χ4v) is 2.98. The Balaban J connectivity index is 1.89. The second kappa shape index (κ2) is 6.92. The molecule has 1 N–H and O–H groups in total. The van der Waals surface area contributed by atoms with Crippen LogP contribution in [0.5, 0.6) is 0 Å². The number of urea groups is 1. The van der Waals surface area contributed by atoms with E-state index >= 15 is 0 Å². The van der Waals surface area contributed by atoms with E-state index < -0.39 is 5.97 Å². The third kappa shape index (κ3) is 3.85. The first-order chi connectivity index (χ1) is 9.60. The first-order valence-electron chi connectivity index (χ1n) is 7.47. The largest absolute Gasteiger partial charge is 0.481 e. The van der Waals surface area contributed by atoms with Crippen molar-refractivity contribution >= 4 is 12.0 Å². The molecule has 2 fully saturated rings. The molecular formula is C14H24N2O4. The van der Waals surface area contributed by atoms with Gasteiger partial charge in [-0.3, -0.25) is 4.79 Å². The van der Waals surface area contributed by atoms with Crippen molar-refractivity contribution in [1.29, 1.82) is 0 Å². The van der Waals surface area contributed by atoms with Gasteiger partial charge < -0.3 is 19.6 Å². The summed E-state index contributed by atoms with van der Waals surface area (Å²) >= 11 is 0. The number of hydrogen-bond acceptors (Lipinski definition) is 3. The van der Waals surface area contributed by atoms with Gasteiger partial charge in [-0.15, -0.1) is 0 Å². The van der Waals surface area contributed by atoms with Crippen LogP contribution < -0.4 is 0 Å². The van der Waals surface area contributed by atoms with Crippen molar-refractivity contribution < 1.29 is 19.4 Å². The van der Waals surface area contributed by atoms with Gasteiger partial charge in [0.25, 0.3) is 0 Å². The lowest BCUT2D eigenvalue weighted by molar-refractivity contribution is -0.141. The van der Waals surface area contributed by atoms with E-state index in [1.54, 1.807) is 4.90 Å². The zero-order chi connectivity index (χ0) is 14.5. The summed E-state index contributed by atoms with van der Waals surface area (Å²) in [6.45, 7) is 5.18. The number of carboxylic acid groups (broad SMARTS) is 1. The van der Waals surface area contributed by atoms with Crippen molar-refractivity contribution in [3.05, 3.63) is 0 Å². The number of ether oxygens (including phenoxy) is 1. The quantitative estimate of drug-likeness (QED) is 0.850.